The van der Waals surface area contributed by atoms with Gasteiger partial charge >= 0.3 is 0 Å². The number of hydrogen-bond acceptors (Lipinski definition) is 4. The van der Waals surface area contributed by atoms with Crippen LogP contribution in [0.4, 0.5) is 0 Å². The van der Waals surface area contributed by atoms with Gasteiger partial charge in [-0.05, 0) is 44.0 Å². The molecule has 0 bridgehead atoms. The minimum absolute atomic E-state index is 0.393. The number of hydrogen-bond donors (Lipinski definition) is 2. The minimum Gasteiger partial charge on any atom is -0.314 e. The number of nitrogens with zero attached hydrogens (tertiary/aromatic N) is 1. The first kappa shape index (κ1) is 16.4. The van der Waals surface area contributed by atoms with Crippen molar-refractivity contribution in [2.75, 3.05) is 39.3 Å². The molecule has 5 nitrogen and oxygen atoms in total. The van der Waals surface area contributed by atoms with Crippen LogP contribution < -0.4 is 10.0 Å². The first-order chi connectivity index (χ1) is 9.99. The summed E-state index contributed by atoms with van der Waals surface area (Å²) in [6.45, 7) is 9.30. The summed E-state index contributed by atoms with van der Waals surface area (Å²) in [5, 5.41) is 3.31. The molecule has 1 heterocycles. The molecular weight excluding hydrogens is 286 g/mol. The standard InChI is InChI=1S/C15H25N3O2S/c1-13-4-5-14(2)15(12-13)21(19,20)17-6-3-9-18-10-7-16-8-11-18/h4-5,12,16-17H,3,6-11H2,1-2H3. The van der Waals surface area contributed by atoms with Crippen molar-refractivity contribution in [1.29, 1.82) is 0 Å². The highest BCUT2D eigenvalue weighted by atomic mass is 32.2. The molecule has 0 radical (unpaired) electrons. The zero-order chi connectivity index (χ0) is 15.3. The van der Waals surface area contributed by atoms with Crippen LogP contribution in [0.5, 0.6) is 0 Å². The summed E-state index contributed by atoms with van der Waals surface area (Å²) in [4.78, 5) is 2.76. The van der Waals surface area contributed by atoms with E-state index in [1.54, 1.807) is 6.07 Å². The lowest BCUT2D eigenvalue weighted by Crippen LogP contribution is -2.44. The van der Waals surface area contributed by atoms with Crippen molar-refractivity contribution in [1.82, 2.24) is 14.9 Å². The Labute approximate surface area is 127 Å². The second-order valence-corrected chi connectivity index (χ2v) is 7.35. The lowest BCUT2D eigenvalue weighted by Gasteiger charge is -2.27. The van der Waals surface area contributed by atoms with Gasteiger partial charge in [0.25, 0.3) is 0 Å². The van der Waals surface area contributed by atoms with Gasteiger partial charge in [0.2, 0.25) is 10.0 Å². The Kier molecular flexibility index (Phi) is 5.75. The quantitative estimate of drug-likeness (QED) is 0.766. The Balaban J connectivity index is 1.85. The van der Waals surface area contributed by atoms with Crippen molar-refractivity contribution in [3.8, 4) is 0 Å². The summed E-state index contributed by atoms with van der Waals surface area (Å²) < 4.78 is 27.4. The topological polar surface area (TPSA) is 61.4 Å². The van der Waals surface area contributed by atoms with E-state index in [-0.39, 0.29) is 0 Å². The number of piperazine rings is 1. The average Bonchev–Trinajstić information content (AvgIpc) is 2.47. The van der Waals surface area contributed by atoms with Crippen LogP contribution in [0.1, 0.15) is 17.5 Å². The molecule has 2 rings (SSSR count). The number of nitrogens with one attached hydrogen (secondary N) is 2. The van der Waals surface area contributed by atoms with E-state index in [1.807, 2.05) is 26.0 Å². The zero-order valence-corrected chi connectivity index (χ0v) is 13.7. The highest BCUT2D eigenvalue weighted by Gasteiger charge is 2.16. The normalized spacial score (nSPS) is 17.0. The molecule has 0 amide bonds. The maximum absolute atomic E-state index is 12.3. The second kappa shape index (κ2) is 7.35. The third-order valence-corrected chi connectivity index (χ3v) is 5.39. The Morgan fingerprint density at radius 1 is 1.24 bits per heavy atom. The van der Waals surface area contributed by atoms with E-state index in [9.17, 15) is 8.42 Å². The van der Waals surface area contributed by atoms with Gasteiger partial charge in [-0.2, -0.15) is 0 Å². The smallest absolute Gasteiger partial charge is 0.240 e. The second-order valence-electron chi connectivity index (χ2n) is 5.61. The van der Waals surface area contributed by atoms with E-state index in [0.29, 0.717) is 11.4 Å². The van der Waals surface area contributed by atoms with Gasteiger partial charge in [0, 0.05) is 32.7 Å². The van der Waals surface area contributed by atoms with Gasteiger partial charge in [-0.3, -0.25) is 0 Å². The van der Waals surface area contributed by atoms with E-state index in [1.165, 1.54) is 0 Å². The van der Waals surface area contributed by atoms with E-state index in [4.69, 9.17) is 0 Å². The predicted octanol–water partition coefficient (Wildman–Crippen LogP) is 0.877. The van der Waals surface area contributed by atoms with Crippen LogP contribution in [0.3, 0.4) is 0 Å². The molecular formula is C15H25N3O2S. The fraction of sp³-hybridized carbons (Fsp3) is 0.600. The van der Waals surface area contributed by atoms with Gasteiger partial charge in [0.1, 0.15) is 0 Å². The summed E-state index contributed by atoms with van der Waals surface area (Å²) in [5.74, 6) is 0. The summed E-state index contributed by atoms with van der Waals surface area (Å²) in [6.07, 6.45) is 0.837. The molecule has 118 valence electrons. The predicted molar refractivity (Wildman–Crippen MR) is 85.0 cm³/mol. The molecule has 0 aromatic heterocycles. The molecule has 1 aromatic carbocycles. The Morgan fingerprint density at radius 2 is 1.95 bits per heavy atom. The third-order valence-electron chi connectivity index (χ3n) is 3.79. The maximum atomic E-state index is 12.3. The molecule has 0 aliphatic carbocycles. The molecule has 0 unspecified atom stereocenters. The van der Waals surface area contributed by atoms with Crippen LogP contribution in [0.15, 0.2) is 23.1 Å². The van der Waals surface area contributed by atoms with Crippen LogP contribution in [0, 0.1) is 13.8 Å². The van der Waals surface area contributed by atoms with Crippen LogP contribution in [-0.2, 0) is 10.0 Å². The van der Waals surface area contributed by atoms with Gasteiger partial charge < -0.3 is 10.2 Å². The molecule has 1 aliphatic heterocycles. The van der Waals surface area contributed by atoms with E-state index >= 15 is 0 Å². The van der Waals surface area contributed by atoms with Crippen LogP contribution in [0.2, 0.25) is 0 Å². The summed E-state index contributed by atoms with van der Waals surface area (Å²) in [6, 6.07) is 5.51. The van der Waals surface area contributed by atoms with Gasteiger partial charge in [0.15, 0.2) is 0 Å². The van der Waals surface area contributed by atoms with Crippen molar-refractivity contribution < 1.29 is 8.42 Å². The van der Waals surface area contributed by atoms with Crippen LogP contribution in [-0.4, -0.2) is 52.6 Å². The summed E-state index contributed by atoms with van der Waals surface area (Å²) >= 11 is 0. The fourth-order valence-corrected chi connectivity index (χ4v) is 3.92. The van der Waals surface area contributed by atoms with Crippen LogP contribution >= 0.6 is 0 Å². The summed E-state index contributed by atoms with van der Waals surface area (Å²) in [7, 11) is -3.40. The van der Waals surface area contributed by atoms with Crippen molar-refractivity contribution in [3.63, 3.8) is 0 Å². The molecule has 1 fully saturated rings. The van der Waals surface area contributed by atoms with Gasteiger partial charge in [-0.15, -0.1) is 0 Å². The molecule has 1 aromatic rings. The number of rotatable bonds is 6. The first-order valence-electron chi connectivity index (χ1n) is 7.49. The molecule has 2 N–H and O–H groups in total. The molecule has 6 heteroatoms. The maximum Gasteiger partial charge on any atom is 0.240 e. The Bertz CT molecular complexity index is 566. The lowest BCUT2D eigenvalue weighted by atomic mass is 10.2. The van der Waals surface area contributed by atoms with Crippen molar-refractivity contribution >= 4 is 10.0 Å². The zero-order valence-electron chi connectivity index (χ0n) is 12.9. The monoisotopic (exact) mass is 311 g/mol. The number of sulfonamides is 1. The molecule has 0 spiro atoms. The Morgan fingerprint density at radius 3 is 2.67 bits per heavy atom. The van der Waals surface area contributed by atoms with Crippen LogP contribution in [0.25, 0.3) is 0 Å². The van der Waals surface area contributed by atoms with Crippen molar-refractivity contribution in [2.24, 2.45) is 0 Å². The first-order valence-corrected chi connectivity index (χ1v) is 8.97. The van der Waals surface area contributed by atoms with Gasteiger partial charge in [-0.1, -0.05) is 12.1 Å². The Hall–Kier alpha value is -0.950. The number of aryl methyl sites for hydroxylation is 2. The lowest BCUT2D eigenvalue weighted by molar-refractivity contribution is 0.239. The number of benzene rings is 1. The average molecular weight is 311 g/mol. The van der Waals surface area contributed by atoms with Crippen molar-refractivity contribution in [2.45, 2.75) is 25.2 Å². The third kappa shape index (κ3) is 4.78. The molecule has 1 aliphatic rings. The minimum atomic E-state index is -3.40. The highest BCUT2D eigenvalue weighted by molar-refractivity contribution is 7.89. The fourth-order valence-electron chi connectivity index (χ4n) is 2.52. The van der Waals surface area contributed by atoms with E-state index in [2.05, 4.69) is 14.9 Å². The van der Waals surface area contributed by atoms with Crippen molar-refractivity contribution in [3.05, 3.63) is 29.3 Å². The highest BCUT2D eigenvalue weighted by Crippen LogP contribution is 2.16. The van der Waals surface area contributed by atoms with E-state index < -0.39 is 10.0 Å². The molecule has 1 saturated heterocycles. The summed E-state index contributed by atoms with van der Waals surface area (Å²) in [5.41, 5.74) is 1.75. The molecule has 0 saturated carbocycles. The molecule has 0 atom stereocenters. The van der Waals surface area contributed by atoms with Gasteiger partial charge in [-0.25, -0.2) is 13.1 Å². The van der Waals surface area contributed by atoms with E-state index in [0.717, 1.165) is 50.3 Å². The largest absolute Gasteiger partial charge is 0.314 e. The molecule has 21 heavy (non-hydrogen) atoms. The SMILES string of the molecule is Cc1ccc(C)c(S(=O)(=O)NCCCN2CCNCC2)c1. The van der Waals surface area contributed by atoms with Gasteiger partial charge in [0.05, 0.1) is 4.90 Å².